The van der Waals surface area contributed by atoms with E-state index in [1.807, 2.05) is 37.3 Å². The summed E-state index contributed by atoms with van der Waals surface area (Å²) in [6.07, 6.45) is 0. The first-order chi connectivity index (χ1) is 10.7. The van der Waals surface area contributed by atoms with Crippen LogP contribution in [0.3, 0.4) is 0 Å². The zero-order valence-corrected chi connectivity index (χ0v) is 12.1. The van der Waals surface area contributed by atoms with Gasteiger partial charge in [0.15, 0.2) is 6.54 Å². The topological polar surface area (TPSA) is 64.8 Å². The standard InChI is InChI=1S/C16H15N4O2/c1-2-19(17-12-8-4-3-5-9-12)18-20-15(21)13-10-6-7-11-14(13)16(20)22/h3-11H,2H2,1H3,(H,17,18)/q+1. The van der Waals surface area contributed by atoms with E-state index < -0.39 is 0 Å². The van der Waals surface area contributed by atoms with Gasteiger partial charge in [0.25, 0.3) is 11.8 Å². The molecule has 0 unspecified atom stereocenters. The number of carbonyl (C=O) groups is 2. The highest BCUT2D eigenvalue weighted by atomic mass is 16.2. The molecule has 2 aromatic carbocycles. The van der Waals surface area contributed by atoms with Crippen LogP contribution in [-0.2, 0) is 0 Å². The molecule has 1 aliphatic heterocycles. The third kappa shape index (κ3) is 2.46. The van der Waals surface area contributed by atoms with Gasteiger partial charge in [-0.1, -0.05) is 35.9 Å². The Morgan fingerprint density at radius 1 is 0.955 bits per heavy atom. The van der Waals surface area contributed by atoms with Gasteiger partial charge in [0.2, 0.25) is 0 Å². The number of hydrazine groups is 2. The molecule has 0 aliphatic carbocycles. The molecular formula is C16H15N4O2+. The van der Waals surface area contributed by atoms with Crippen LogP contribution in [0.1, 0.15) is 27.6 Å². The average molecular weight is 295 g/mol. The molecule has 0 atom stereocenters. The van der Waals surface area contributed by atoms with E-state index in [-0.39, 0.29) is 11.8 Å². The third-order valence-corrected chi connectivity index (χ3v) is 3.30. The van der Waals surface area contributed by atoms with Crippen molar-refractivity contribution < 1.29 is 14.4 Å². The molecule has 0 saturated carbocycles. The summed E-state index contributed by atoms with van der Waals surface area (Å²) in [5.41, 5.74) is 4.29. The molecule has 0 aromatic heterocycles. The molecule has 0 bridgehead atoms. The minimum atomic E-state index is -0.373. The number of hydrogen-bond donors (Lipinski definition) is 1. The molecule has 2 aromatic rings. The average Bonchev–Trinajstić information content (AvgIpc) is 2.80. The first-order valence-electron chi connectivity index (χ1n) is 6.99. The van der Waals surface area contributed by atoms with Gasteiger partial charge in [0.05, 0.1) is 11.1 Å². The maximum Gasteiger partial charge on any atom is 0.284 e. The molecule has 0 spiro atoms. The van der Waals surface area contributed by atoms with Gasteiger partial charge in [-0.2, -0.15) is 0 Å². The van der Waals surface area contributed by atoms with E-state index >= 15 is 0 Å². The predicted molar refractivity (Wildman–Crippen MR) is 79.4 cm³/mol. The van der Waals surface area contributed by atoms with Crippen LogP contribution in [0.25, 0.3) is 0 Å². The molecule has 1 N–H and O–H groups in total. The van der Waals surface area contributed by atoms with E-state index in [1.165, 1.54) is 4.81 Å². The first kappa shape index (κ1) is 13.9. The summed E-state index contributed by atoms with van der Waals surface area (Å²) in [6, 6.07) is 16.1. The van der Waals surface area contributed by atoms with Crippen LogP contribution in [0, 0.1) is 0 Å². The van der Waals surface area contributed by atoms with Crippen molar-refractivity contribution in [2.45, 2.75) is 6.92 Å². The molecule has 2 amide bonds. The van der Waals surface area contributed by atoms with Crippen molar-refractivity contribution in [2.24, 2.45) is 5.11 Å². The molecule has 6 heteroatoms. The van der Waals surface area contributed by atoms with Crippen molar-refractivity contribution in [3.05, 3.63) is 65.7 Å². The normalized spacial score (nSPS) is 14.2. The first-order valence-corrected chi connectivity index (χ1v) is 6.99. The molecule has 0 fully saturated rings. The van der Waals surface area contributed by atoms with Crippen LogP contribution >= 0.6 is 0 Å². The Morgan fingerprint density at radius 3 is 2.05 bits per heavy atom. The van der Waals surface area contributed by atoms with Crippen molar-refractivity contribution >= 4 is 17.5 Å². The molecular weight excluding hydrogens is 280 g/mol. The van der Waals surface area contributed by atoms with Gasteiger partial charge >= 0.3 is 0 Å². The number of amides is 2. The van der Waals surface area contributed by atoms with Crippen molar-refractivity contribution in [1.82, 2.24) is 10.5 Å². The summed E-state index contributed by atoms with van der Waals surface area (Å²) in [7, 11) is 0. The molecule has 3 rings (SSSR count). The lowest BCUT2D eigenvalue weighted by atomic mass is 10.1. The Bertz CT molecular complexity index is 721. The van der Waals surface area contributed by atoms with E-state index in [2.05, 4.69) is 10.6 Å². The summed E-state index contributed by atoms with van der Waals surface area (Å²) >= 11 is 0. The van der Waals surface area contributed by atoms with Gasteiger partial charge in [-0.15, -0.1) is 5.01 Å². The lowest BCUT2D eigenvalue weighted by molar-refractivity contribution is -0.661. The fourth-order valence-corrected chi connectivity index (χ4v) is 2.19. The highest BCUT2D eigenvalue weighted by Crippen LogP contribution is 2.20. The van der Waals surface area contributed by atoms with Crippen LogP contribution in [0.4, 0.5) is 5.69 Å². The Hall–Kier alpha value is -3.02. The molecule has 110 valence electrons. The van der Waals surface area contributed by atoms with Gasteiger partial charge in [-0.3, -0.25) is 9.59 Å². The number of benzene rings is 2. The summed E-state index contributed by atoms with van der Waals surface area (Å²) in [4.78, 5) is 26.0. The second kappa shape index (κ2) is 5.77. The molecule has 22 heavy (non-hydrogen) atoms. The van der Waals surface area contributed by atoms with Crippen molar-refractivity contribution in [1.29, 1.82) is 0 Å². The van der Waals surface area contributed by atoms with E-state index in [0.29, 0.717) is 17.7 Å². The molecule has 1 aliphatic rings. The van der Waals surface area contributed by atoms with Crippen LogP contribution in [0.5, 0.6) is 0 Å². The fourth-order valence-electron chi connectivity index (χ4n) is 2.19. The van der Waals surface area contributed by atoms with E-state index in [4.69, 9.17) is 0 Å². The quantitative estimate of drug-likeness (QED) is 0.408. The van der Waals surface area contributed by atoms with Crippen molar-refractivity contribution in [3.63, 3.8) is 0 Å². The van der Waals surface area contributed by atoms with Gasteiger partial charge in [-0.05, 0) is 24.3 Å². The second-order valence-corrected chi connectivity index (χ2v) is 4.74. The number of carbonyl (C=O) groups excluding carboxylic acids is 2. The van der Waals surface area contributed by atoms with E-state index in [0.717, 1.165) is 10.7 Å². The maximum atomic E-state index is 12.3. The smallest absolute Gasteiger partial charge is 0.266 e. The largest absolute Gasteiger partial charge is 0.284 e. The highest BCUT2D eigenvalue weighted by Gasteiger charge is 2.38. The Kier molecular flexibility index (Phi) is 3.65. The van der Waals surface area contributed by atoms with Crippen LogP contribution in [-0.4, -0.2) is 28.2 Å². The summed E-state index contributed by atoms with van der Waals surface area (Å²) < 4.78 is 0. The van der Waals surface area contributed by atoms with Gasteiger partial charge in [0, 0.05) is 16.8 Å². The lowest BCUT2D eigenvalue weighted by Gasteiger charge is -2.10. The Morgan fingerprint density at radius 2 is 1.50 bits per heavy atom. The molecule has 1 heterocycles. The zero-order valence-electron chi connectivity index (χ0n) is 12.1. The van der Waals surface area contributed by atoms with E-state index in [1.54, 1.807) is 24.3 Å². The van der Waals surface area contributed by atoms with Gasteiger partial charge in [-0.25, -0.2) is 0 Å². The monoisotopic (exact) mass is 295 g/mol. The maximum absolute atomic E-state index is 12.3. The number of imide groups is 1. The highest BCUT2D eigenvalue weighted by molar-refractivity contribution is 6.20. The van der Waals surface area contributed by atoms with Crippen LogP contribution in [0.2, 0.25) is 0 Å². The number of fused-ring (bicyclic) bond motifs is 1. The SMILES string of the molecule is CC[N+](=Nc1ccccc1)NN1C(=O)c2ccccc2C1=O. The second-order valence-electron chi connectivity index (χ2n) is 4.74. The van der Waals surface area contributed by atoms with Gasteiger partial charge < -0.3 is 0 Å². The van der Waals surface area contributed by atoms with Crippen LogP contribution < -0.4 is 5.53 Å². The van der Waals surface area contributed by atoms with Crippen LogP contribution in [0.15, 0.2) is 59.7 Å². The lowest BCUT2D eigenvalue weighted by Crippen LogP contribution is -2.47. The number of azo groups is 1. The van der Waals surface area contributed by atoms with Crippen molar-refractivity contribution in [3.8, 4) is 0 Å². The summed E-state index contributed by atoms with van der Waals surface area (Å²) in [6.45, 7) is 2.36. The Balaban J connectivity index is 1.86. The molecule has 6 nitrogen and oxygen atoms in total. The predicted octanol–water partition coefficient (Wildman–Crippen LogP) is 2.52. The van der Waals surface area contributed by atoms with Crippen molar-refractivity contribution in [2.75, 3.05) is 6.54 Å². The minimum absolute atomic E-state index is 0.373. The number of nitrogens with zero attached hydrogens (tertiary/aromatic N) is 3. The van der Waals surface area contributed by atoms with Gasteiger partial charge in [0.1, 0.15) is 5.69 Å². The molecule has 0 radical (unpaired) electrons. The third-order valence-electron chi connectivity index (χ3n) is 3.30. The molecule has 0 saturated heterocycles. The fraction of sp³-hybridized carbons (Fsp3) is 0.125. The number of nitrogens with one attached hydrogen (secondary N) is 1. The van der Waals surface area contributed by atoms with E-state index in [9.17, 15) is 9.59 Å². The number of hydrogen-bond acceptors (Lipinski definition) is 3. The Labute approximate surface area is 127 Å². The zero-order chi connectivity index (χ0) is 15.5. The summed E-state index contributed by atoms with van der Waals surface area (Å²) in [5, 5.41) is 5.34. The number of rotatable bonds is 4. The summed E-state index contributed by atoms with van der Waals surface area (Å²) in [5.74, 6) is -0.746. The minimum Gasteiger partial charge on any atom is -0.266 e.